The topological polar surface area (TPSA) is 0 Å². The number of hydrogen-bond donors (Lipinski definition) is 0. The summed E-state index contributed by atoms with van der Waals surface area (Å²) in [6.07, 6.45) is 8.73. The lowest BCUT2D eigenvalue weighted by atomic mass is 10.00. The molecule has 0 unspecified atom stereocenters. The fraction of sp³-hybridized carbons (Fsp3) is 0.111. The van der Waals surface area contributed by atoms with Crippen molar-refractivity contribution in [2.75, 3.05) is 0 Å². The van der Waals surface area contributed by atoms with Crippen LogP contribution in [0.2, 0.25) is 0 Å². The Morgan fingerprint density at radius 3 is 2.35 bits per heavy atom. The van der Waals surface area contributed by atoms with Gasteiger partial charge in [0.25, 0.3) is 0 Å². The van der Waals surface area contributed by atoms with Crippen LogP contribution in [0.15, 0.2) is 49.1 Å². The second kappa shape index (κ2) is 6.16. The van der Waals surface area contributed by atoms with Gasteiger partial charge >= 0.3 is 0 Å². The molecule has 2 aromatic rings. The highest BCUT2D eigenvalue weighted by Crippen LogP contribution is 2.26. The predicted molar refractivity (Wildman–Crippen MR) is 78.2 cm³/mol. The van der Waals surface area contributed by atoms with Gasteiger partial charge in [0.1, 0.15) is 0 Å². The fourth-order valence-electron chi connectivity index (χ4n) is 2.00. The lowest BCUT2D eigenvalue weighted by Crippen LogP contribution is -1.94. The first kappa shape index (κ1) is 14.0. The van der Waals surface area contributed by atoms with E-state index >= 15 is 0 Å². The summed E-state index contributed by atoms with van der Waals surface area (Å²) in [5, 5.41) is 0. The largest absolute Gasteiger partial charge is 0.203 e. The van der Waals surface area contributed by atoms with Gasteiger partial charge in [0, 0.05) is 5.56 Å². The van der Waals surface area contributed by atoms with Gasteiger partial charge in [0.05, 0.1) is 5.56 Å². The zero-order chi connectivity index (χ0) is 14.5. The summed E-state index contributed by atoms with van der Waals surface area (Å²) in [6, 6.07) is 10.3. The molecule has 2 rings (SSSR count). The summed E-state index contributed by atoms with van der Waals surface area (Å²) in [5.74, 6) is 0.248. The molecule has 0 aromatic heterocycles. The Bertz CT molecular complexity index is 661. The Balaban J connectivity index is 2.35. The number of rotatable bonds is 4. The van der Waals surface area contributed by atoms with Crippen molar-refractivity contribution in [3.8, 4) is 23.5 Å². The highest BCUT2D eigenvalue weighted by Gasteiger charge is 2.13. The molecule has 0 saturated heterocycles. The summed E-state index contributed by atoms with van der Waals surface area (Å²) >= 11 is 0. The second-order valence-electron chi connectivity index (χ2n) is 4.46. The van der Waals surface area contributed by atoms with E-state index in [4.69, 9.17) is 6.42 Å². The summed E-state index contributed by atoms with van der Waals surface area (Å²) in [5.41, 5.74) is 1.92. The van der Waals surface area contributed by atoms with E-state index in [0.29, 0.717) is 5.56 Å². The smallest absolute Gasteiger partial charge is 0.175 e. The van der Waals surface area contributed by atoms with Crippen LogP contribution in [-0.2, 0) is 6.42 Å². The number of halogens is 2. The van der Waals surface area contributed by atoms with Crippen molar-refractivity contribution in [1.82, 2.24) is 0 Å². The number of terminal acetylenes is 1. The molecule has 0 nitrogen and oxygen atoms in total. The highest BCUT2D eigenvalue weighted by molar-refractivity contribution is 5.65. The molecule has 2 heteroatoms. The van der Waals surface area contributed by atoms with Crippen molar-refractivity contribution >= 4 is 0 Å². The molecule has 20 heavy (non-hydrogen) atoms. The molecule has 100 valence electrons. The Morgan fingerprint density at radius 2 is 1.75 bits per heavy atom. The molecule has 0 N–H and O–H groups in total. The van der Waals surface area contributed by atoms with E-state index < -0.39 is 11.6 Å². The molecule has 0 spiro atoms. The van der Waals surface area contributed by atoms with Gasteiger partial charge in [-0.3, -0.25) is 0 Å². The van der Waals surface area contributed by atoms with Crippen molar-refractivity contribution in [1.29, 1.82) is 0 Å². The minimum atomic E-state index is -0.972. The fourth-order valence-corrected chi connectivity index (χ4v) is 2.00. The van der Waals surface area contributed by atoms with Crippen LogP contribution in [0.5, 0.6) is 0 Å². The summed E-state index contributed by atoms with van der Waals surface area (Å²) in [7, 11) is 0. The van der Waals surface area contributed by atoms with Gasteiger partial charge in [0.2, 0.25) is 0 Å². The average Bonchev–Trinajstić information content (AvgIpc) is 2.48. The molecule has 0 atom stereocenters. The standard InChI is InChI=1S/C18H14F2/c1-3-5-6-13-7-9-15(10-8-13)16-12-11-14(4-2)17(19)18(16)20/h2-3,7-12H,1,5-6H2. The molecule has 0 amide bonds. The minimum Gasteiger partial charge on any atom is -0.203 e. The van der Waals surface area contributed by atoms with Crippen LogP contribution in [0, 0.1) is 24.0 Å². The maximum atomic E-state index is 14.0. The average molecular weight is 268 g/mol. The Hall–Kier alpha value is -2.40. The van der Waals surface area contributed by atoms with Crippen LogP contribution in [0.4, 0.5) is 8.78 Å². The molecular weight excluding hydrogens is 254 g/mol. The van der Waals surface area contributed by atoms with E-state index in [1.807, 2.05) is 18.2 Å². The molecule has 0 fully saturated rings. The Kier molecular flexibility index (Phi) is 4.32. The molecule has 0 heterocycles. The lowest BCUT2D eigenvalue weighted by molar-refractivity contribution is 0.509. The monoisotopic (exact) mass is 268 g/mol. The third-order valence-electron chi connectivity index (χ3n) is 3.14. The molecule has 0 aliphatic heterocycles. The summed E-state index contributed by atoms with van der Waals surface area (Å²) in [4.78, 5) is 0. The van der Waals surface area contributed by atoms with E-state index in [1.54, 1.807) is 12.1 Å². The Morgan fingerprint density at radius 1 is 1.05 bits per heavy atom. The third kappa shape index (κ3) is 2.78. The van der Waals surface area contributed by atoms with E-state index in [0.717, 1.165) is 18.4 Å². The van der Waals surface area contributed by atoms with Crippen molar-refractivity contribution in [2.24, 2.45) is 0 Å². The Labute approximate surface area is 117 Å². The van der Waals surface area contributed by atoms with Crippen LogP contribution < -0.4 is 0 Å². The first-order valence-corrected chi connectivity index (χ1v) is 6.32. The first-order valence-electron chi connectivity index (χ1n) is 6.32. The van der Waals surface area contributed by atoms with Crippen LogP contribution in [-0.4, -0.2) is 0 Å². The van der Waals surface area contributed by atoms with Crippen LogP contribution in [0.3, 0.4) is 0 Å². The van der Waals surface area contributed by atoms with Crippen molar-refractivity contribution in [2.45, 2.75) is 12.8 Å². The zero-order valence-electron chi connectivity index (χ0n) is 11.0. The quantitative estimate of drug-likeness (QED) is 0.555. The van der Waals surface area contributed by atoms with Crippen molar-refractivity contribution in [3.05, 3.63) is 71.8 Å². The summed E-state index contributed by atoms with van der Waals surface area (Å²) < 4.78 is 27.6. The maximum Gasteiger partial charge on any atom is 0.175 e. The van der Waals surface area contributed by atoms with Gasteiger partial charge in [-0.15, -0.1) is 13.0 Å². The molecular formula is C18H14F2. The van der Waals surface area contributed by atoms with Crippen LogP contribution in [0.25, 0.3) is 11.1 Å². The van der Waals surface area contributed by atoms with Crippen LogP contribution in [0.1, 0.15) is 17.5 Å². The second-order valence-corrected chi connectivity index (χ2v) is 4.46. The molecule has 0 saturated carbocycles. The maximum absolute atomic E-state index is 14.0. The van der Waals surface area contributed by atoms with E-state index in [2.05, 4.69) is 12.5 Å². The number of allylic oxidation sites excluding steroid dienone is 1. The molecule has 0 bridgehead atoms. The normalized spacial score (nSPS) is 10.1. The van der Waals surface area contributed by atoms with E-state index in [-0.39, 0.29) is 11.1 Å². The number of hydrogen-bond acceptors (Lipinski definition) is 0. The van der Waals surface area contributed by atoms with Gasteiger partial charge in [-0.05, 0) is 36.1 Å². The first-order chi connectivity index (χ1) is 9.67. The predicted octanol–water partition coefficient (Wildman–Crippen LogP) is 4.73. The highest BCUT2D eigenvalue weighted by atomic mass is 19.2. The molecule has 2 aromatic carbocycles. The van der Waals surface area contributed by atoms with Crippen molar-refractivity contribution in [3.63, 3.8) is 0 Å². The van der Waals surface area contributed by atoms with Gasteiger partial charge in [0.15, 0.2) is 11.6 Å². The van der Waals surface area contributed by atoms with Gasteiger partial charge < -0.3 is 0 Å². The van der Waals surface area contributed by atoms with E-state index in [1.165, 1.54) is 12.1 Å². The zero-order valence-corrected chi connectivity index (χ0v) is 11.0. The van der Waals surface area contributed by atoms with Crippen LogP contribution >= 0.6 is 0 Å². The lowest BCUT2D eigenvalue weighted by Gasteiger charge is -2.07. The van der Waals surface area contributed by atoms with E-state index in [9.17, 15) is 8.78 Å². The number of aryl methyl sites for hydroxylation is 1. The third-order valence-corrected chi connectivity index (χ3v) is 3.14. The number of benzene rings is 2. The molecule has 0 radical (unpaired) electrons. The van der Waals surface area contributed by atoms with Gasteiger partial charge in [-0.2, -0.15) is 0 Å². The van der Waals surface area contributed by atoms with Gasteiger partial charge in [-0.1, -0.05) is 36.3 Å². The molecule has 0 aliphatic rings. The van der Waals surface area contributed by atoms with Crippen molar-refractivity contribution < 1.29 is 8.78 Å². The van der Waals surface area contributed by atoms with Gasteiger partial charge in [-0.25, -0.2) is 8.78 Å². The molecule has 0 aliphatic carbocycles. The minimum absolute atomic E-state index is 0.0612. The summed E-state index contributed by atoms with van der Waals surface area (Å²) in [6.45, 7) is 3.67. The SMILES string of the molecule is C#Cc1ccc(-c2ccc(CCC=C)cc2)c(F)c1F.